The lowest BCUT2D eigenvalue weighted by molar-refractivity contribution is 0.471. The van der Waals surface area contributed by atoms with Crippen molar-refractivity contribution in [3.8, 4) is 0 Å². The fourth-order valence-corrected chi connectivity index (χ4v) is 6.94. The highest BCUT2D eigenvalue weighted by molar-refractivity contribution is 6.42. The van der Waals surface area contributed by atoms with Crippen molar-refractivity contribution in [3.05, 3.63) is 138 Å². The lowest BCUT2D eigenvalue weighted by atomic mass is 9.77. The van der Waals surface area contributed by atoms with Crippen molar-refractivity contribution in [2.24, 2.45) is 0 Å². The molecular formula is C34H34Cl4N2. The van der Waals surface area contributed by atoms with Crippen LogP contribution in [0, 0.1) is 0 Å². The molecule has 40 heavy (non-hydrogen) atoms. The van der Waals surface area contributed by atoms with Crippen molar-refractivity contribution in [3.63, 3.8) is 0 Å². The third-order valence-electron chi connectivity index (χ3n) is 8.37. The highest BCUT2D eigenvalue weighted by Gasteiger charge is 2.28. The van der Waals surface area contributed by atoms with E-state index in [9.17, 15) is 0 Å². The van der Waals surface area contributed by atoms with Crippen LogP contribution in [0.1, 0.15) is 83.0 Å². The molecule has 6 rings (SSSR count). The zero-order valence-electron chi connectivity index (χ0n) is 22.7. The van der Waals surface area contributed by atoms with Gasteiger partial charge in [0.25, 0.3) is 0 Å². The molecule has 2 aliphatic rings. The number of hydrogen-bond donors (Lipinski definition) is 2. The number of halogens is 4. The first-order valence-electron chi connectivity index (χ1n) is 13.8. The fourth-order valence-electron chi connectivity index (χ4n) is 6.33. The lowest BCUT2D eigenvalue weighted by Crippen LogP contribution is -2.24. The smallest absolute Gasteiger partial charge is 0.0595 e. The maximum absolute atomic E-state index is 6.17. The second-order valence-corrected chi connectivity index (χ2v) is 12.2. The molecule has 0 radical (unpaired) electrons. The molecule has 0 unspecified atom stereocenters. The molecule has 2 nitrogen and oxygen atoms in total. The normalized spacial score (nSPS) is 21.6. The zero-order valence-corrected chi connectivity index (χ0v) is 25.8. The van der Waals surface area contributed by atoms with Crippen LogP contribution in [-0.2, 0) is 0 Å². The molecule has 0 spiro atoms. The van der Waals surface area contributed by atoms with Gasteiger partial charge in [-0.1, -0.05) is 107 Å². The summed E-state index contributed by atoms with van der Waals surface area (Å²) in [6.07, 6.45) is 4.53. The van der Waals surface area contributed by atoms with Gasteiger partial charge in [0, 0.05) is 23.9 Å². The number of hydrogen-bond acceptors (Lipinski definition) is 2. The van der Waals surface area contributed by atoms with Crippen molar-refractivity contribution >= 4 is 46.4 Å². The summed E-state index contributed by atoms with van der Waals surface area (Å²) >= 11 is 24.4. The first-order valence-corrected chi connectivity index (χ1v) is 15.3. The van der Waals surface area contributed by atoms with Crippen molar-refractivity contribution < 1.29 is 0 Å². The van der Waals surface area contributed by atoms with Crippen molar-refractivity contribution in [1.82, 2.24) is 10.6 Å². The van der Waals surface area contributed by atoms with Gasteiger partial charge in [-0.15, -0.1) is 0 Å². The van der Waals surface area contributed by atoms with E-state index in [1.165, 1.54) is 33.4 Å². The molecule has 0 amide bonds. The largest absolute Gasteiger partial charge is 0.313 e. The quantitative estimate of drug-likeness (QED) is 0.240. The van der Waals surface area contributed by atoms with E-state index in [1.807, 2.05) is 38.4 Å². The van der Waals surface area contributed by atoms with E-state index in [2.05, 4.69) is 71.3 Å². The topological polar surface area (TPSA) is 24.1 Å². The van der Waals surface area contributed by atoms with Gasteiger partial charge in [0.2, 0.25) is 0 Å². The van der Waals surface area contributed by atoms with Gasteiger partial charge in [0.1, 0.15) is 0 Å². The van der Waals surface area contributed by atoms with Gasteiger partial charge in [0.15, 0.2) is 0 Å². The fraction of sp³-hybridized carbons (Fsp3) is 0.294. The third kappa shape index (κ3) is 6.23. The van der Waals surface area contributed by atoms with Gasteiger partial charge >= 0.3 is 0 Å². The Balaban J connectivity index is 0.000000161. The van der Waals surface area contributed by atoms with E-state index in [0.29, 0.717) is 44.0 Å². The molecule has 0 fully saturated rings. The number of rotatable bonds is 4. The minimum Gasteiger partial charge on any atom is -0.313 e. The van der Waals surface area contributed by atoms with E-state index < -0.39 is 0 Å². The van der Waals surface area contributed by atoms with Crippen LogP contribution in [-0.4, -0.2) is 14.1 Å². The highest BCUT2D eigenvalue weighted by Crippen LogP contribution is 2.43. The van der Waals surface area contributed by atoms with Crippen LogP contribution in [0.15, 0.2) is 84.9 Å². The summed E-state index contributed by atoms with van der Waals surface area (Å²) in [5, 5.41) is 9.32. The first kappa shape index (κ1) is 29.5. The summed E-state index contributed by atoms with van der Waals surface area (Å²) in [6, 6.07) is 30.2. The predicted molar refractivity (Wildman–Crippen MR) is 172 cm³/mol. The van der Waals surface area contributed by atoms with Gasteiger partial charge in [-0.25, -0.2) is 0 Å². The molecule has 0 heterocycles. The molecule has 2 aliphatic carbocycles. The summed E-state index contributed by atoms with van der Waals surface area (Å²) in [6.45, 7) is 0. The molecule has 0 saturated heterocycles. The Bertz CT molecular complexity index is 1360. The van der Waals surface area contributed by atoms with Gasteiger partial charge in [-0.2, -0.15) is 0 Å². The van der Waals surface area contributed by atoms with E-state index >= 15 is 0 Å². The molecule has 4 aromatic carbocycles. The average molecular weight is 612 g/mol. The van der Waals surface area contributed by atoms with Crippen molar-refractivity contribution in [2.75, 3.05) is 14.1 Å². The summed E-state index contributed by atoms with van der Waals surface area (Å²) in [5.41, 5.74) is 8.10. The maximum atomic E-state index is 6.17. The maximum Gasteiger partial charge on any atom is 0.0595 e. The number of nitrogens with one attached hydrogen (secondary N) is 2. The SMILES string of the molecule is CN[C@H]1CC[C@@H](c2ccc(Cl)c(Cl)c2)c2ccccc21.CN[C@H]1CC[C@@H](c2ccc(Cl)c(Cl)c2)c2ccccc21. The predicted octanol–water partition coefficient (Wildman–Crippen LogP) is 10.4. The Labute approximate surface area is 258 Å². The first-order chi connectivity index (χ1) is 19.4. The van der Waals surface area contributed by atoms with Gasteiger partial charge in [-0.3, -0.25) is 0 Å². The number of benzene rings is 4. The second kappa shape index (κ2) is 13.3. The molecule has 0 bridgehead atoms. The molecule has 0 aromatic heterocycles. The van der Waals surface area contributed by atoms with Crippen LogP contribution in [0.3, 0.4) is 0 Å². The van der Waals surface area contributed by atoms with E-state index in [-0.39, 0.29) is 0 Å². The van der Waals surface area contributed by atoms with E-state index in [4.69, 9.17) is 46.4 Å². The van der Waals surface area contributed by atoms with E-state index in [1.54, 1.807) is 0 Å². The second-order valence-electron chi connectivity index (χ2n) is 10.5. The molecule has 4 atom stereocenters. The van der Waals surface area contributed by atoms with Crippen LogP contribution in [0.25, 0.3) is 0 Å². The standard InChI is InChI=1S/2C17H17Cl2N/c2*1-20-17-9-7-12(13-4-2-3-5-14(13)17)11-6-8-15(18)16(19)10-11/h2*2-6,8,10,12,17,20H,7,9H2,1H3/t2*12-,17-/m00/s1. The van der Waals surface area contributed by atoms with Crippen molar-refractivity contribution in [2.45, 2.75) is 49.6 Å². The molecule has 6 heteroatoms. The Kier molecular flexibility index (Phi) is 9.79. The van der Waals surface area contributed by atoms with Gasteiger partial charge in [-0.05, 0) is 97.4 Å². The number of fused-ring (bicyclic) bond motifs is 2. The van der Waals surface area contributed by atoms with Crippen LogP contribution in [0.5, 0.6) is 0 Å². The minimum atomic E-state index is 0.408. The Hall–Kier alpha value is -2.04. The van der Waals surface area contributed by atoms with E-state index in [0.717, 1.165) is 25.7 Å². The lowest BCUT2D eigenvalue weighted by Gasteiger charge is -2.32. The summed E-state index contributed by atoms with van der Waals surface area (Å²) in [7, 11) is 4.06. The summed E-state index contributed by atoms with van der Waals surface area (Å²) in [5.74, 6) is 0.816. The Morgan fingerprint density at radius 2 is 0.850 bits per heavy atom. The molecule has 2 N–H and O–H groups in total. The Morgan fingerprint density at radius 3 is 1.20 bits per heavy atom. The molecule has 208 valence electrons. The van der Waals surface area contributed by atoms with Gasteiger partial charge in [0.05, 0.1) is 20.1 Å². The van der Waals surface area contributed by atoms with Crippen LogP contribution >= 0.6 is 46.4 Å². The molecule has 0 saturated carbocycles. The minimum absolute atomic E-state index is 0.408. The van der Waals surface area contributed by atoms with Gasteiger partial charge < -0.3 is 10.6 Å². The molecular weight excluding hydrogens is 578 g/mol. The summed E-state index contributed by atoms with van der Waals surface area (Å²) < 4.78 is 0. The van der Waals surface area contributed by atoms with Crippen LogP contribution < -0.4 is 10.6 Å². The summed E-state index contributed by atoms with van der Waals surface area (Å²) in [4.78, 5) is 0. The Morgan fingerprint density at radius 1 is 0.475 bits per heavy atom. The zero-order chi connectivity index (χ0) is 28.2. The average Bonchev–Trinajstić information content (AvgIpc) is 2.99. The highest BCUT2D eigenvalue weighted by atomic mass is 35.5. The van der Waals surface area contributed by atoms with Crippen molar-refractivity contribution in [1.29, 1.82) is 0 Å². The van der Waals surface area contributed by atoms with Crippen LogP contribution in [0.4, 0.5) is 0 Å². The molecule has 0 aliphatic heterocycles. The van der Waals surface area contributed by atoms with Crippen LogP contribution in [0.2, 0.25) is 20.1 Å². The monoisotopic (exact) mass is 610 g/mol. The third-order valence-corrected chi connectivity index (χ3v) is 9.85. The molecule has 4 aromatic rings.